The summed E-state index contributed by atoms with van der Waals surface area (Å²) < 4.78 is 7.85. The molecule has 4 heterocycles. The van der Waals surface area contributed by atoms with E-state index in [1.807, 2.05) is 49.4 Å². The average Bonchev–Trinajstić information content (AvgIpc) is 3.33. The predicted octanol–water partition coefficient (Wildman–Crippen LogP) is 2.73. The van der Waals surface area contributed by atoms with Gasteiger partial charge < -0.3 is 34.6 Å². The lowest BCUT2D eigenvalue weighted by molar-refractivity contribution is -0.112. The number of ether oxygens (including phenoxy) is 1. The van der Waals surface area contributed by atoms with Crippen molar-refractivity contribution in [1.82, 2.24) is 14.5 Å². The number of aliphatic hydroxyl groups is 2. The highest BCUT2D eigenvalue weighted by atomic mass is 16.5. The maximum atomic E-state index is 13.4. The van der Waals surface area contributed by atoms with E-state index in [1.165, 1.54) is 12.4 Å². The van der Waals surface area contributed by atoms with E-state index < -0.39 is 17.8 Å². The summed E-state index contributed by atoms with van der Waals surface area (Å²) in [7, 11) is 1.79. The van der Waals surface area contributed by atoms with Gasteiger partial charge in [0.15, 0.2) is 0 Å². The Morgan fingerprint density at radius 2 is 1.86 bits per heavy atom. The van der Waals surface area contributed by atoms with Crippen molar-refractivity contribution in [1.29, 1.82) is 0 Å². The molecule has 2 aromatic carbocycles. The topological polar surface area (TPSA) is 133 Å². The van der Waals surface area contributed by atoms with Crippen LogP contribution in [-0.2, 0) is 11.8 Å². The fraction of sp³-hybridized carbons (Fsp3) is 0.290. The van der Waals surface area contributed by atoms with E-state index in [0.29, 0.717) is 54.9 Å². The normalized spacial score (nSPS) is 16.7. The zero-order chi connectivity index (χ0) is 29.4. The van der Waals surface area contributed by atoms with E-state index in [-0.39, 0.29) is 12.6 Å². The quantitative estimate of drug-likeness (QED) is 0.227. The number of carbonyl (C=O) groups excluding carboxylic acids is 2. The van der Waals surface area contributed by atoms with Crippen LogP contribution in [0, 0.1) is 6.92 Å². The molecule has 11 heteroatoms. The van der Waals surface area contributed by atoms with Crippen LogP contribution in [0.3, 0.4) is 0 Å². The highest BCUT2D eigenvalue weighted by Crippen LogP contribution is 2.38. The largest absolute Gasteiger partial charge is 0.489 e. The van der Waals surface area contributed by atoms with Gasteiger partial charge in [0.05, 0.1) is 18.3 Å². The predicted molar refractivity (Wildman–Crippen MR) is 158 cm³/mol. The second-order valence-corrected chi connectivity index (χ2v) is 10.6. The van der Waals surface area contributed by atoms with Gasteiger partial charge in [0, 0.05) is 67.7 Å². The van der Waals surface area contributed by atoms with Crippen LogP contribution in [0.25, 0.3) is 11.1 Å². The molecule has 0 spiro atoms. The van der Waals surface area contributed by atoms with Gasteiger partial charge in [-0.2, -0.15) is 0 Å². The Balaban J connectivity index is 1.14. The van der Waals surface area contributed by atoms with Crippen molar-refractivity contribution in [3.63, 3.8) is 0 Å². The molecule has 42 heavy (non-hydrogen) atoms. The molecule has 1 unspecified atom stereocenters. The van der Waals surface area contributed by atoms with Crippen molar-refractivity contribution in [3.05, 3.63) is 83.9 Å². The summed E-state index contributed by atoms with van der Waals surface area (Å²) in [5, 5.41) is 21.7. The van der Waals surface area contributed by atoms with Gasteiger partial charge in [0.2, 0.25) is 5.95 Å². The van der Waals surface area contributed by atoms with Crippen molar-refractivity contribution in [2.75, 3.05) is 48.0 Å². The van der Waals surface area contributed by atoms with Crippen LogP contribution in [0.15, 0.2) is 67.0 Å². The maximum Gasteiger partial charge on any atom is 0.298 e. The number of nitrogens with zero attached hydrogens (tertiary/aromatic N) is 5. The van der Waals surface area contributed by atoms with Crippen LogP contribution in [0.4, 0.5) is 17.3 Å². The number of Topliss-reactive ketones (excluding diaryl/α,β-unsaturated/α-hetero) is 1. The van der Waals surface area contributed by atoms with Gasteiger partial charge >= 0.3 is 0 Å². The summed E-state index contributed by atoms with van der Waals surface area (Å²) in [6.07, 6.45) is 2.06. The first kappa shape index (κ1) is 27.4. The highest BCUT2D eigenvalue weighted by Gasteiger charge is 2.34. The van der Waals surface area contributed by atoms with Gasteiger partial charge in [-0.25, -0.2) is 9.97 Å². The summed E-state index contributed by atoms with van der Waals surface area (Å²) >= 11 is 0. The standard InChI is InChI=1S/C31H32N6O5/c1-19-12-24(20-6-4-3-5-7-20)28(35(19)2)29(40)30(41)34-22-8-9-25-27(13-22)42-18-23-16-36(10-11-37(23)25)31-32-14-21(15-33-31)26(39)17-38/h3-9,12-15,23,26,38-39H,10-11,16-18H2,1-2H3,(H,34,41)/t23-,26?/m1/s1. The summed E-state index contributed by atoms with van der Waals surface area (Å²) in [4.78, 5) is 39.6. The molecule has 1 amide bonds. The molecule has 2 aromatic heterocycles. The molecule has 0 saturated carbocycles. The minimum Gasteiger partial charge on any atom is -0.489 e. The number of benzene rings is 2. The third-order valence-electron chi connectivity index (χ3n) is 7.92. The van der Waals surface area contributed by atoms with Gasteiger partial charge in [-0.3, -0.25) is 9.59 Å². The number of fused-ring (bicyclic) bond motifs is 3. The van der Waals surface area contributed by atoms with Crippen molar-refractivity contribution in [3.8, 4) is 16.9 Å². The lowest BCUT2D eigenvalue weighted by Gasteiger charge is -2.45. The third kappa shape index (κ3) is 5.08. The van der Waals surface area contributed by atoms with Gasteiger partial charge in [-0.05, 0) is 30.7 Å². The molecule has 0 radical (unpaired) electrons. The number of anilines is 3. The number of rotatable bonds is 7. The Hall–Kier alpha value is -4.74. The van der Waals surface area contributed by atoms with Gasteiger partial charge in [0.1, 0.15) is 24.2 Å². The molecule has 216 valence electrons. The number of piperazine rings is 1. The molecule has 3 N–H and O–H groups in total. The van der Waals surface area contributed by atoms with Crippen molar-refractivity contribution < 1.29 is 24.5 Å². The fourth-order valence-corrected chi connectivity index (χ4v) is 5.54. The first-order valence-corrected chi connectivity index (χ1v) is 13.8. The highest BCUT2D eigenvalue weighted by molar-refractivity contribution is 6.47. The molecule has 11 nitrogen and oxygen atoms in total. The number of nitrogens with one attached hydrogen (secondary N) is 1. The Morgan fingerprint density at radius 3 is 2.60 bits per heavy atom. The van der Waals surface area contributed by atoms with Crippen LogP contribution < -0.4 is 19.9 Å². The monoisotopic (exact) mass is 568 g/mol. The van der Waals surface area contributed by atoms with Crippen molar-refractivity contribution in [2.45, 2.75) is 19.1 Å². The molecule has 2 aliphatic rings. The van der Waals surface area contributed by atoms with Crippen LogP contribution in [0.2, 0.25) is 0 Å². The second-order valence-electron chi connectivity index (χ2n) is 10.6. The minimum atomic E-state index is -0.999. The molecular weight excluding hydrogens is 536 g/mol. The number of aliphatic hydroxyl groups excluding tert-OH is 2. The Morgan fingerprint density at radius 1 is 1.10 bits per heavy atom. The number of ketones is 1. The van der Waals surface area contributed by atoms with Gasteiger partial charge in [0.25, 0.3) is 11.7 Å². The summed E-state index contributed by atoms with van der Waals surface area (Å²) in [6.45, 7) is 4.00. The zero-order valence-electron chi connectivity index (χ0n) is 23.4. The summed E-state index contributed by atoms with van der Waals surface area (Å²) in [5.41, 5.74) is 4.68. The van der Waals surface area contributed by atoms with E-state index in [2.05, 4.69) is 25.1 Å². The summed E-state index contributed by atoms with van der Waals surface area (Å²) in [6, 6.07) is 17.0. The molecule has 0 aliphatic carbocycles. The minimum absolute atomic E-state index is 0.0663. The van der Waals surface area contributed by atoms with Crippen LogP contribution in [0.1, 0.15) is 27.8 Å². The zero-order valence-corrected chi connectivity index (χ0v) is 23.4. The molecule has 1 fully saturated rings. The Bertz CT molecular complexity index is 1620. The number of hydrogen-bond acceptors (Lipinski definition) is 9. The first-order chi connectivity index (χ1) is 20.3. The number of aryl methyl sites for hydroxylation is 1. The number of aromatic nitrogens is 3. The lowest BCUT2D eigenvalue weighted by Crippen LogP contribution is -2.57. The molecule has 1 saturated heterocycles. The lowest BCUT2D eigenvalue weighted by atomic mass is 10.0. The molecule has 0 bridgehead atoms. The molecule has 4 aromatic rings. The Kier molecular flexibility index (Phi) is 7.36. The maximum absolute atomic E-state index is 13.4. The van der Waals surface area contributed by atoms with Crippen molar-refractivity contribution in [2.24, 2.45) is 7.05 Å². The Labute approximate surface area is 243 Å². The van der Waals surface area contributed by atoms with Crippen LogP contribution >= 0.6 is 0 Å². The molecule has 2 aliphatic heterocycles. The smallest absolute Gasteiger partial charge is 0.298 e. The van der Waals surface area contributed by atoms with Gasteiger partial charge in [-0.1, -0.05) is 30.3 Å². The third-order valence-corrected chi connectivity index (χ3v) is 7.92. The van der Waals surface area contributed by atoms with Crippen molar-refractivity contribution >= 4 is 29.0 Å². The molecule has 2 atom stereocenters. The van der Waals surface area contributed by atoms with E-state index in [1.54, 1.807) is 23.7 Å². The fourth-order valence-electron chi connectivity index (χ4n) is 5.54. The van der Waals surface area contributed by atoms with Crippen LogP contribution in [-0.4, -0.2) is 75.3 Å². The SMILES string of the molecule is Cc1cc(-c2ccccc2)c(C(=O)C(=O)Nc2ccc3c(c2)OC[C@H]2CN(c4ncc(C(O)CO)cn4)CCN32)n1C. The number of carbonyl (C=O) groups is 2. The first-order valence-electron chi connectivity index (χ1n) is 13.8. The average molecular weight is 569 g/mol. The van der Waals surface area contributed by atoms with E-state index in [4.69, 9.17) is 9.84 Å². The second kappa shape index (κ2) is 11.3. The molecule has 6 rings (SSSR count). The van der Waals surface area contributed by atoms with E-state index in [9.17, 15) is 14.7 Å². The van der Waals surface area contributed by atoms with E-state index >= 15 is 0 Å². The van der Waals surface area contributed by atoms with Gasteiger partial charge in [-0.15, -0.1) is 0 Å². The van der Waals surface area contributed by atoms with E-state index in [0.717, 1.165) is 22.5 Å². The number of hydrogen-bond donors (Lipinski definition) is 3. The molecular formula is C31H32N6O5. The van der Waals surface area contributed by atoms with Crippen LogP contribution in [0.5, 0.6) is 5.75 Å². The number of amides is 1. The summed E-state index contributed by atoms with van der Waals surface area (Å²) in [5.74, 6) is -0.127.